The number of aryl methyl sites for hydroxylation is 2. The fourth-order valence-corrected chi connectivity index (χ4v) is 2.19. The van der Waals surface area contributed by atoms with Crippen molar-refractivity contribution in [2.24, 2.45) is 0 Å². The van der Waals surface area contributed by atoms with Gasteiger partial charge in [0.05, 0.1) is 5.60 Å². The van der Waals surface area contributed by atoms with Crippen molar-refractivity contribution in [3.05, 3.63) is 34.9 Å². The first kappa shape index (κ1) is 13.3. The van der Waals surface area contributed by atoms with Gasteiger partial charge in [-0.2, -0.15) is 0 Å². The van der Waals surface area contributed by atoms with Crippen LogP contribution in [0.25, 0.3) is 0 Å². The van der Waals surface area contributed by atoms with Gasteiger partial charge in [0.2, 0.25) is 0 Å². The van der Waals surface area contributed by atoms with E-state index in [0.29, 0.717) is 0 Å². The summed E-state index contributed by atoms with van der Waals surface area (Å²) in [5.41, 5.74) is 3.33. The van der Waals surface area contributed by atoms with Gasteiger partial charge >= 0.3 is 0 Å². The molecule has 0 saturated heterocycles. The van der Waals surface area contributed by atoms with Gasteiger partial charge < -0.3 is 4.74 Å². The van der Waals surface area contributed by atoms with Gasteiger partial charge in [0.25, 0.3) is 0 Å². The van der Waals surface area contributed by atoms with E-state index in [0.717, 1.165) is 24.8 Å². The van der Waals surface area contributed by atoms with Gasteiger partial charge in [0.1, 0.15) is 6.61 Å². The minimum absolute atomic E-state index is 0.0891. The van der Waals surface area contributed by atoms with Crippen molar-refractivity contribution in [2.45, 2.75) is 52.1 Å². The van der Waals surface area contributed by atoms with Crippen molar-refractivity contribution >= 4 is 5.78 Å². The maximum absolute atomic E-state index is 12.1. The molecule has 0 aromatic heterocycles. The third-order valence-corrected chi connectivity index (χ3v) is 3.87. The molecule has 2 rings (SSSR count). The Bertz CT molecular complexity index is 446. The highest BCUT2D eigenvalue weighted by Crippen LogP contribution is 2.23. The van der Waals surface area contributed by atoms with E-state index in [1.807, 2.05) is 26.0 Å². The van der Waals surface area contributed by atoms with Crippen molar-refractivity contribution in [2.75, 3.05) is 6.61 Å². The van der Waals surface area contributed by atoms with Crippen molar-refractivity contribution in [1.82, 2.24) is 0 Å². The van der Waals surface area contributed by atoms with Crippen LogP contribution in [0, 0.1) is 0 Å². The first-order valence-electron chi connectivity index (χ1n) is 6.81. The lowest BCUT2D eigenvalue weighted by Crippen LogP contribution is -2.26. The van der Waals surface area contributed by atoms with Gasteiger partial charge in [-0.1, -0.05) is 19.1 Å². The summed E-state index contributed by atoms with van der Waals surface area (Å²) in [6.07, 6.45) is 4.39. The molecule has 2 heteroatoms. The maximum Gasteiger partial charge on any atom is 0.188 e. The second-order valence-corrected chi connectivity index (χ2v) is 5.66. The number of rotatable bonds is 5. The summed E-state index contributed by atoms with van der Waals surface area (Å²) >= 11 is 0. The molecule has 2 nitrogen and oxygen atoms in total. The normalized spacial score (nSPS) is 14.6. The summed E-state index contributed by atoms with van der Waals surface area (Å²) < 4.78 is 5.66. The highest BCUT2D eigenvalue weighted by Gasteiger charge is 2.19. The van der Waals surface area contributed by atoms with Crippen molar-refractivity contribution in [3.8, 4) is 0 Å². The Hall–Kier alpha value is -1.15. The Kier molecular flexibility index (Phi) is 3.86. The van der Waals surface area contributed by atoms with Crippen LogP contribution < -0.4 is 0 Å². The van der Waals surface area contributed by atoms with E-state index in [4.69, 9.17) is 4.74 Å². The van der Waals surface area contributed by atoms with Crippen LogP contribution in [-0.2, 0) is 17.6 Å². The predicted octanol–water partition coefficient (Wildman–Crippen LogP) is 3.56. The van der Waals surface area contributed by atoms with Gasteiger partial charge in [-0.3, -0.25) is 4.79 Å². The quantitative estimate of drug-likeness (QED) is 0.742. The SMILES string of the molecule is CCC(C)(C)OCC(=O)c1ccc2c(c1)CCC2. The molecule has 0 radical (unpaired) electrons. The number of benzene rings is 1. The molecule has 0 N–H and O–H groups in total. The minimum atomic E-state index is -0.216. The molecule has 98 valence electrons. The third-order valence-electron chi connectivity index (χ3n) is 3.87. The first-order valence-corrected chi connectivity index (χ1v) is 6.81. The fourth-order valence-electron chi connectivity index (χ4n) is 2.19. The number of hydrogen-bond donors (Lipinski definition) is 0. The molecule has 1 aliphatic carbocycles. The molecule has 0 bridgehead atoms. The number of ketones is 1. The molecule has 0 fully saturated rings. The van der Waals surface area contributed by atoms with Crippen molar-refractivity contribution in [3.63, 3.8) is 0 Å². The molecule has 0 spiro atoms. The molecular formula is C16H22O2. The standard InChI is InChI=1S/C16H22O2/c1-4-16(2,3)18-11-15(17)14-9-8-12-6-5-7-13(12)10-14/h8-10H,4-7,11H2,1-3H3. The summed E-state index contributed by atoms with van der Waals surface area (Å²) in [4.78, 5) is 12.1. The molecule has 1 aliphatic rings. The molecular weight excluding hydrogens is 224 g/mol. The van der Waals surface area contributed by atoms with E-state index in [2.05, 4.69) is 13.0 Å². The Labute approximate surface area is 109 Å². The highest BCUT2D eigenvalue weighted by atomic mass is 16.5. The Balaban J connectivity index is 2.01. The molecule has 18 heavy (non-hydrogen) atoms. The lowest BCUT2D eigenvalue weighted by molar-refractivity contribution is -0.0122. The van der Waals surface area contributed by atoms with Gasteiger partial charge in [0.15, 0.2) is 5.78 Å². The number of fused-ring (bicyclic) bond motifs is 1. The molecule has 0 amide bonds. The smallest absolute Gasteiger partial charge is 0.188 e. The Morgan fingerprint density at radius 1 is 1.28 bits per heavy atom. The van der Waals surface area contributed by atoms with E-state index < -0.39 is 0 Å². The number of carbonyl (C=O) groups is 1. The van der Waals surface area contributed by atoms with Gasteiger partial charge in [0, 0.05) is 5.56 Å². The maximum atomic E-state index is 12.1. The lowest BCUT2D eigenvalue weighted by atomic mass is 10.0. The summed E-state index contributed by atoms with van der Waals surface area (Å²) in [7, 11) is 0. The molecule has 0 unspecified atom stereocenters. The third kappa shape index (κ3) is 2.99. The number of Topliss-reactive ketones (excluding diaryl/α,β-unsaturated/α-hetero) is 1. The minimum Gasteiger partial charge on any atom is -0.367 e. The summed E-state index contributed by atoms with van der Waals surface area (Å²) in [6, 6.07) is 6.09. The van der Waals surface area contributed by atoms with E-state index in [1.165, 1.54) is 17.5 Å². The van der Waals surface area contributed by atoms with Crippen LogP contribution in [0.3, 0.4) is 0 Å². The highest BCUT2D eigenvalue weighted by molar-refractivity contribution is 5.97. The van der Waals surface area contributed by atoms with E-state index >= 15 is 0 Å². The molecule has 0 saturated carbocycles. The molecule has 1 aromatic rings. The van der Waals surface area contributed by atoms with Crippen LogP contribution in [-0.4, -0.2) is 18.0 Å². The average Bonchev–Trinajstić information content (AvgIpc) is 2.83. The van der Waals surface area contributed by atoms with Crippen molar-refractivity contribution < 1.29 is 9.53 Å². The van der Waals surface area contributed by atoms with Crippen LogP contribution in [0.15, 0.2) is 18.2 Å². The second kappa shape index (κ2) is 5.23. The van der Waals surface area contributed by atoms with Crippen LogP contribution in [0.5, 0.6) is 0 Å². The second-order valence-electron chi connectivity index (χ2n) is 5.66. The van der Waals surface area contributed by atoms with Gasteiger partial charge in [-0.05, 0) is 56.7 Å². The van der Waals surface area contributed by atoms with E-state index in [1.54, 1.807) is 0 Å². The van der Waals surface area contributed by atoms with Gasteiger partial charge in [-0.25, -0.2) is 0 Å². The fraction of sp³-hybridized carbons (Fsp3) is 0.562. The van der Waals surface area contributed by atoms with Gasteiger partial charge in [-0.15, -0.1) is 0 Å². The van der Waals surface area contributed by atoms with Crippen LogP contribution in [0.1, 0.15) is 55.1 Å². The summed E-state index contributed by atoms with van der Waals surface area (Å²) in [6.45, 7) is 6.28. The Morgan fingerprint density at radius 2 is 2.00 bits per heavy atom. The zero-order valence-electron chi connectivity index (χ0n) is 11.6. The van der Waals surface area contributed by atoms with E-state index in [9.17, 15) is 4.79 Å². The average molecular weight is 246 g/mol. The predicted molar refractivity (Wildman–Crippen MR) is 73.1 cm³/mol. The monoisotopic (exact) mass is 246 g/mol. The molecule has 1 aromatic carbocycles. The van der Waals surface area contributed by atoms with Crippen LogP contribution in [0.4, 0.5) is 0 Å². The zero-order chi connectivity index (χ0) is 13.2. The molecule has 0 aliphatic heterocycles. The number of hydrogen-bond acceptors (Lipinski definition) is 2. The van der Waals surface area contributed by atoms with Crippen LogP contribution >= 0.6 is 0 Å². The van der Waals surface area contributed by atoms with Crippen LogP contribution in [0.2, 0.25) is 0 Å². The van der Waals surface area contributed by atoms with E-state index in [-0.39, 0.29) is 18.0 Å². The summed E-state index contributed by atoms with van der Waals surface area (Å²) in [5, 5.41) is 0. The first-order chi connectivity index (χ1) is 8.52. The number of carbonyl (C=O) groups excluding carboxylic acids is 1. The largest absolute Gasteiger partial charge is 0.367 e. The topological polar surface area (TPSA) is 26.3 Å². The number of ether oxygens (including phenoxy) is 1. The van der Waals surface area contributed by atoms with Crippen molar-refractivity contribution in [1.29, 1.82) is 0 Å². The Morgan fingerprint density at radius 3 is 2.72 bits per heavy atom. The molecule has 0 atom stereocenters. The summed E-state index contributed by atoms with van der Waals surface area (Å²) in [5.74, 6) is 0.0891. The molecule has 0 heterocycles. The lowest BCUT2D eigenvalue weighted by Gasteiger charge is -2.22. The zero-order valence-corrected chi connectivity index (χ0v) is 11.6.